The summed E-state index contributed by atoms with van der Waals surface area (Å²) in [5.74, 6) is 3.01. The smallest absolute Gasteiger partial charge is 0.231 e. The molecule has 0 saturated heterocycles. The van der Waals surface area contributed by atoms with Crippen LogP contribution in [0.2, 0.25) is 0 Å². The molecule has 0 unspecified atom stereocenters. The van der Waals surface area contributed by atoms with E-state index in [1.807, 2.05) is 49.4 Å². The lowest BCUT2D eigenvalue weighted by Gasteiger charge is -2.07. The summed E-state index contributed by atoms with van der Waals surface area (Å²) < 4.78 is 21.6. The maximum atomic E-state index is 12.3. The molecule has 1 aliphatic rings. The summed E-state index contributed by atoms with van der Waals surface area (Å²) in [5.41, 5.74) is 2.03. The molecule has 0 spiro atoms. The second-order valence-corrected chi connectivity index (χ2v) is 8.15. The van der Waals surface area contributed by atoms with Crippen molar-refractivity contribution < 1.29 is 23.7 Å². The molecule has 0 fully saturated rings. The lowest BCUT2D eigenvalue weighted by Crippen LogP contribution is -2.12. The largest absolute Gasteiger partial charge is 0.497 e. The summed E-state index contributed by atoms with van der Waals surface area (Å²) in [7, 11) is 1.62. The third-order valence-electron chi connectivity index (χ3n) is 4.82. The third kappa shape index (κ3) is 5.46. The minimum absolute atomic E-state index is 0.0679. The lowest BCUT2D eigenvalue weighted by atomic mass is 10.1. The van der Waals surface area contributed by atoms with E-state index in [-0.39, 0.29) is 12.7 Å². The van der Waals surface area contributed by atoms with Gasteiger partial charge in [0.15, 0.2) is 16.6 Å². The Morgan fingerprint density at radius 1 is 1.13 bits per heavy atom. The van der Waals surface area contributed by atoms with Crippen LogP contribution in [-0.2, 0) is 11.2 Å². The zero-order valence-corrected chi connectivity index (χ0v) is 18.3. The molecule has 31 heavy (non-hydrogen) atoms. The highest BCUT2D eigenvalue weighted by Crippen LogP contribution is 2.34. The van der Waals surface area contributed by atoms with Gasteiger partial charge in [0.05, 0.1) is 19.4 Å². The second kappa shape index (κ2) is 9.70. The van der Waals surface area contributed by atoms with Gasteiger partial charge < -0.3 is 24.3 Å². The van der Waals surface area contributed by atoms with Crippen LogP contribution in [0.15, 0.2) is 42.5 Å². The highest BCUT2D eigenvalue weighted by molar-refractivity contribution is 7.15. The highest BCUT2D eigenvalue weighted by Gasteiger charge is 2.15. The number of carbonyl (C=O) groups is 1. The number of nitrogens with one attached hydrogen (secondary N) is 1. The summed E-state index contributed by atoms with van der Waals surface area (Å²) >= 11 is 1.50. The minimum Gasteiger partial charge on any atom is -0.497 e. The van der Waals surface area contributed by atoms with Gasteiger partial charge in [-0.3, -0.25) is 4.79 Å². The quantitative estimate of drug-likeness (QED) is 0.491. The zero-order valence-electron chi connectivity index (χ0n) is 17.5. The summed E-state index contributed by atoms with van der Waals surface area (Å²) in [4.78, 5) is 17.9. The van der Waals surface area contributed by atoms with Crippen molar-refractivity contribution in [1.82, 2.24) is 4.98 Å². The van der Waals surface area contributed by atoms with Crippen LogP contribution in [0.4, 0.5) is 5.13 Å². The van der Waals surface area contributed by atoms with Crippen LogP contribution in [0.1, 0.15) is 29.0 Å². The third-order valence-corrected chi connectivity index (χ3v) is 5.89. The molecule has 162 valence electrons. The molecule has 0 radical (unpaired) electrons. The van der Waals surface area contributed by atoms with Crippen molar-refractivity contribution in [3.05, 3.63) is 58.6 Å². The van der Waals surface area contributed by atoms with Crippen molar-refractivity contribution in [3.8, 4) is 23.0 Å². The van der Waals surface area contributed by atoms with E-state index in [9.17, 15) is 4.79 Å². The molecule has 1 aromatic heterocycles. The van der Waals surface area contributed by atoms with Gasteiger partial charge in [0.25, 0.3) is 0 Å². The number of fused-ring (bicyclic) bond motifs is 1. The van der Waals surface area contributed by atoms with Crippen molar-refractivity contribution in [3.63, 3.8) is 0 Å². The Balaban J connectivity index is 1.24. The molecule has 3 aromatic rings. The van der Waals surface area contributed by atoms with Crippen LogP contribution >= 0.6 is 11.3 Å². The Morgan fingerprint density at radius 3 is 2.71 bits per heavy atom. The Labute approximate surface area is 184 Å². The number of aromatic nitrogens is 1. The SMILES string of the molecule is COc1ccc(OCCCC(=O)Nc2nc(C)c(Cc3ccc4c(c3)OCO4)s2)cc1. The molecule has 0 saturated carbocycles. The molecule has 7 nitrogen and oxygen atoms in total. The molecule has 1 aliphatic heterocycles. The van der Waals surface area contributed by atoms with Gasteiger partial charge in [-0.1, -0.05) is 6.07 Å². The molecule has 1 amide bonds. The van der Waals surface area contributed by atoms with E-state index >= 15 is 0 Å². The number of ether oxygens (including phenoxy) is 4. The Bertz CT molecular complexity index is 1050. The number of methoxy groups -OCH3 is 1. The predicted octanol–water partition coefficient (Wildman–Crippen LogP) is 4.58. The summed E-state index contributed by atoms with van der Waals surface area (Å²) in [6.45, 7) is 2.68. The highest BCUT2D eigenvalue weighted by atomic mass is 32.1. The Kier molecular flexibility index (Phi) is 6.57. The molecule has 2 aromatic carbocycles. The molecule has 4 rings (SSSR count). The summed E-state index contributed by atoms with van der Waals surface area (Å²) in [6.07, 6.45) is 1.71. The lowest BCUT2D eigenvalue weighted by molar-refractivity contribution is -0.116. The van der Waals surface area contributed by atoms with Crippen LogP contribution < -0.4 is 24.3 Å². The predicted molar refractivity (Wildman–Crippen MR) is 119 cm³/mol. The van der Waals surface area contributed by atoms with Gasteiger partial charge >= 0.3 is 0 Å². The van der Waals surface area contributed by atoms with E-state index in [0.717, 1.165) is 45.6 Å². The van der Waals surface area contributed by atoms with E-state index in [2.05, 4.69) is 10.3 Å². The van der Waals surface area contributed by atoms with Gasteiger partial charge in [-0.25, -0.2) is 4.98 Å². The Hall–Kier alpha value is -3.26. The minimum atomic E-state index is -0.0679. The number of aryl methyl sites for hydroxylation is 1. The molecule has 2 heterocycles. The molecule has 1 N–H and O–H groups in total. The van der Waals surface area contributed by atoms with Gasteiger partial charge in [0, 0.05) is 17.7 Å². The number of carbonyl (C=O) groups excluding carboxylic acids is 1. The average Bonchev–Trinajstić information content (AvgIpc) is 3.37. The van der Waals surface area contributed by atoms with Crippen molar-refractivity contribution in [2.45, 2.75) is 26.2 Å². The maximum Gasteiger partial charge on any atom is 0.231 e. The van der Waals surface area contributed by atoms with E-state index in [0.29, 0.717) is 24.6 Å². The summed E-state index contributed by atoms with van der Waals surface area (Å²) in [5, 5.41) is 3.52. The number of thiazole rings is 1. The number of hydrogen-bond acceptors (Lipinski definition) is 7. The first kappa shape index (κ1) is 21.0. The van der Waals surface area contributed by atoms with Crippen LogP contribution in [0.5, 0.6) is 23.0 Å². The van der Waals surface area contributed by atoms with E-state index in [1.54, 1.807) is 7.11 Å². The first-order chi connectivity index (χ1) is 15.1. The Morgan fingerprint density at radius 2 is 1.90 bits per heavy atom. The number of hydrogen-bond donors (Lipinski definition) is 1. The molecular weight excluding hydrogens is 416 g/mol. The van der Waals surface area contributed by atoms with E-state index in [4.69, 9.17) is 18.9 Å². The van der Waals surface area contributed by atoms with Crippen LogP contribution in [0.25, 0.3) is 0 Å². The van der Waals surface area contributed by atoms with E-state index < -0.39 is 0 Å². The van der Waals surface area contributed by atoms with Crippen molar-refractivity contribution in [2.75, 3.05) is 25.8 Å². The van der Waals surface area contributed by atoms with Crippen LogP contribution in [0.3, 0.4) is 0 Å². The molecule has 0 aliphatic carbocycles. The van der Waals surface area contributed by atoms with Crippen molar-refractivity contribution in [1.29, 1.82) is 0 Å². The molecular formula is C23H24N2O5S. The molecule has 8 heteroatoms. The standard InChI is InChI=1S/C23H24N2O5S/c1-15-21(13-16-5-10-19-20(12-16)30-14-29-19)31-23(24-15)25-22(26)4-3-11-28-18-8-6-17(27-2)7-9-18/h5-10,12H,3-4,11,13-14H2,1-2H3,(H,24,25,26). The number of amides is 1. The zero-order chi connectivity index (χ0) is 21.6. The fourth-order valence-electron chi connectivity index (χ4n) is 3.16. The summed E-state index contributed by atoms with van der Waals surface area (Å²) in [6, 6.07) is 13.3. The fraction of sp³-hybridized carbons (Fsp3) is 0.304. The van der Waals surface area contributed by atoms with Gasteiger partial charge in [-0.15, -0.1) is 11.3 Å². The fourth-order valence-corrected chi connectivity index (χ4v) is 4.17. The normalized spacial score (nSPS) is 11.9. The number of rotatable bonds is 9. The first-order valence-electron chi connectivity index (χ1n) is 10.0. The number of anilines is 1. The molecule has 0 atom stereocenters. The average molecular weight is 441 g/mol. The van der Waals surface area contributed by atoms with Crippen LogP contribution in [-0.4, -0.2) is 31.4 Å². The van der Waals surface area contributed by atoms with Crippen molar-refractivity contribution in [2.24, 2.45) is 0 Å². The monoisotopic (exact) mass is 440 g/mol. The topological polar surface area (TPSA) is 78.9 Å². The van der Waals surface area contributed by atoms with Crippen molar-refractivity contribution >= 4 is 22.4 Å². The second-order valence-electron chi connectivity index (χ2n) is 7.07. The van der Waals surface area contributed by atoms with Gasteiger partial charge in [-0.2, -0.15) is 0 Å². The first-order valence-corrected chi connectivity index (χ1v) is 10.8. The maximum absolute atomic E-state index is 12.3. The van der Waals surface area contributed by atoms with Crippen LogP contribution in [0, 0.1) is 6.92 Å². The number of benzene rings is 2. The van der Waals surface area contributed by atoms with E-state index in [1.165, 1.54) is 11.3 Å². The molecule has 0 bridgehead atoms. The van der Waals surface area contributed by atoms with Gasteiger partial charge in [0.1, 0.15) is 11.5 Å². The van der Waals surface area contributed by atoms with Gasteiger partial charge in [0.2, 0.25) is 12.7 Å². The number of nitrogens with zero attached hydrogens (tertiary/aromatic N) is 1. The van der Waals surface area contributed by atoms with Gasteiger partial charge in [-0.05, 0) is 55.3 Å².